The molecule has 0 radical (unpaired) electrons. The van der Waals surface area contributed by atoms with Gasteiger partial charge in [0.2, 0.25) is 0 Å². The van der Waals surface area contributed by atoms with Gasteiger partial charge in [0, 0.05) is 23.3 Å². The predicted molar refractivity (Wildman–Crippen MR) is 71.9 cm³/mol. The second kappa shape index (κ2) is 5.28. The van der Waals surface area contributed by atoms with E-state index in [1.807, 2.05) is 0 Å². The maximum atomic E-state index is 6.03. The van der Waals surface area contributed by atoms with Gasteiger partial charge in [-0.15, -0.1) is 11.3 Å². The number of aryl methyl sites for hydroxylation is 1. The fraction of sp³-hybridized carbons (Fsp3) is 0.769. The number of hydrogen-bond acceptors (Lipinski definition) is 3. The van der Waals surface area contributed by atoms with E-state index in [2.05, 4.69) is 45.0 Å². The van der Waals surface area contributed by atoms with Gasteiger partial charge in [0.1, 0.15) is 0 Å². The zero-order valence-corrected chi connectivity index (χ0v) is 11.9. The molecule has 1 atom stereocenters. The molecule has 2 nitrogen and oxygen atoms in total. The largest absolute Gasteiger partial charge is 0.327 e. The topological polar surface area (TPSA) is 38.9 Å². The number of nitrogens with two attached hydrogens (primary N) is 1. The first-order valence-corrected chi connectivity index (χ1v) is 6.89. The van der Waals surface area contributed by atoms with E-state index in [4.69, 9.17) is 5.73 Å². The van der Waals surface area contributed by atoms with Crippen LogP contribution in [0.4, 0.5) is 0 Å². The minimum Gasteiger partial charge on any atom is -0.327 e. The Morgan fingerprint density at radius 1 is 1.38 bits per heavy atom. The first kappa shape index (κ1) is 13.7. The Morgan fingerprint density at radius 3 is 2.44 bits per heavy atom. The van der Waals surface area contributed by atoms with E-state index in [1.165, 1.54) is 10.7 Å². The molecule has 1 aromatic heterocycles. The smallest absolute Gasteiger partial charge is 0.0929 e. The summed E-state index contributed by atoms with van der Waals surface area (Å²) in [5.74, 6) is 0.557. The normalized spacial score (nSPS) is 14.4. The van der Waals surface area contributed by atoms with Crippen molar-refractivity contribution in [2.24, 2.45) is 11.7 Å². The van der Waals surface area contributed by atoms with Crippen LogP contribution in [0.25, 0.3) is 0 Å². The molecule has 16 heavy (non-hydrogen) atoms. The maximum Gasteiger partial charge on any atom is 0.0929 e. The molecule has 0 aliphatic heterocycles. The highest BCUT2D eigenvalue weighted by molar-refractivity contribution is 7.09. The molecule has 0 amide bonds. The van der Waals surface area contributed by atoms with Gasteiger partial charge >= 0.3 is 0 Å². The van der Waals surface area contributed by atoms with Crippen molar-refractivity contribution in [1.29, 1.82) is 0 Å². The maximum absolute atomic E-state index is 6.03. The van der Waals surface area contributed by atoms with Crippen molar-refractivity contribution in [3.8, 4) is 0 Å². The molecule has 1 aromatic rings. The Bertz CT molecular complexity index is 323. The van der Waals surface area contributed by atoms with Crippen molar-refractivity contribution in [1.82, 2.24) is 4.98 Å². The average molecular weight is 240 g/mol. The first-order chi connectivity index (χ1) is 7.30. The summed E-state index contributed by atoms with van der Waals surface area (Å²) in [5, 5.41) is 3.40. The Balaban J connectivity index is 2.53. The van der Waals surface area contributed by atoms with Crippen LogP contribution in [-0.4, -0.2) is 11.0 Å². The molecule has 1 unspecified atom stereocenters. The highest BCUT2D eigenvalue weighted by atomic mass is 32.1. The van der Waals surface area contributed by atoms with Crippen molar-refractivity contribution < 1.29 is 0 Å². The van der Waals surface area contributed by atoms with Crippen LogP contribution in [0.3, 0.4) is 0 Å². The van der Waals surface area contributed by atoms with Gasteiger partial charge in [-0.2, -0.15) is 0 Å². The molecule has 0 aliphatic carbocycles. The van der Waals surface area contributed by atoms with Crippen molar-refractivity contribution >= 4 is 11.3 Å². The fourth-order valence-corrected chi connectivity index (χ4v) is 2.43. The Labute approximate surface area is 103 Å². The van der Waals surface area contributed by atoms with Gasteiger partial charge in [-0.05, 0) is 12.3 Å². The van der Waals surface area contributed by atoms with Gasteiger partial charge in [-0.25, -0.2) is 4.98 Å². The van der Waals surface area contributed by atoms with Gasteiger partial charge in [0.05, 0.1) is 10.7 Å². The molecule has 92 valence electrons. The quantitative estimate of drug-likeness (QED) is 0.876. The molecular formula is C13H24N2S. The molecule has 0 aliphatic rings. The SMILES string of the molecule is CC(C)C(N)CCc1nc(C(C)(C)C)cs1. The highest BCUT2D eigenvalue weighted by Gasteiger charge is 2.17. The average Bonchev–Trinajstić information content (AvgIpc) is 2.61. The van der Waals surface area contributed by atoms with E-state index in [1.54, 1.807) is 11.3 Å². The van der Waals surface area contributed by atoms with Crippen LogP contribution in [-0.2, 0) is 11.8 Å². The van der Waals surface area contributed by atoms with Crippen molar-refractivity contribution in [2.45, 2.75) is 58.9 Å². The van der Waals surface area contributed by atoms with E-state index in [0.29, 0.717) is 12.0 Å². The number of aromatic nitrogens is 1. The van der Waals surface area contributed by atoms with Crippen LogP contribution >= 0.6 is 11.3 Å². The van der Waals surface area contributed by atoms with Gasteiger partial charge in [0.15, 0.2) is 0 Å². The standard InChI is InChI=1S/C13H24N2S/c1-9(2)10(14)6-7-12-15-11(8-16-12)13(3,4)5/h8-10H,6-7,14H2,1-5H3. The summed E-state index contributed by atoms with van der Waals surface area (Å²) in [6.07, 6.45) is 2.05. The number of rotatable bonds is 4. The number of nitrogens with zero attached hydrogens (tertiary/aromatic N) is 1. The minimum atomic E-state index is 0.162. The van der Waals surface area contributed by atoms with Gasteiger partial charge in [0.25, 0.3) is 0 Å². The lowest BCUT2D eigenvalue weighted by Gasteiger charge is -2.15. The zero-order chi connectivity index (χ0) is 12.3. The molecule has 1 rings (SSSR count). The summed E-state index contributed by atoms with van der Waals surface area (Å²) >= 11 is 1.76. The lowest BCUT2D eigenvalue weighted by molar-refractivity contribution is 0.463. The van der Waals surface area contributed by atoms with Crippen molar-refractivity contribution in [3.63, 3.8) is 0 Å². The summed E-state index contributed by atoms with van der Waals surface area (Å²) in [4.78, 5) is 4.68. The lowest BCUT2D eigenvalue weighted by atomic mass is 9.93. The third kappa shape index (κ3) is 3.87. The van der Waals surface area contributed by atoms with Gasteiger partial charge in [-0.1, -0.05) is 34.6 Å². The van der Waals surface area contributed by atoms with E-state index < -0.39 is 0 Å². The van der Waals surface area contributed by atoms with E-state index >= 15 is 0 Å². The van der Waals surface area contributed by atoms with Crippen LogP contribution in [0.2, 0.25) is 0 Å². The summed E-state index contributed by atoms with van der Waals surface area (Å²) in [7, 11) is 0. The molecular weight excluding hydrogens is 216 g/mol. The lowest BCUT2D eigenvalue weighted by Crippen LogP contribution is -2.26. The van der Waals surface area contributed by atoms with Crippen molar-refractivity contribution in [3.05, 3.63) is 16.1 Å². The first-order valence-electron chi connectivity index (χ1n) is 6.01. The van der Waals surface area contributed by atoms with Crippen molar-refractivity contribution in [2.75, 3.05) is 0 Å². The van der Waals surface area contributed by atoms with E-state index in [0.717, 1.165) is 12.8 Å². The second-order valence-corrected chi connectivity index (χ2v) is 6.77. The predicted octanol–water partition coefficient (Wildman–Crippen LogP) is 3.36. The minimum absolute atomic E-state index is 0.162. The molecule has 1 heterocycles. The summed E-state index contributed by atoms with van der Waals surface area (Å²) < 4.78 is 0. The fourth-order valence-electron chi connectivity index (χ4n) is 1.39. The Morgan fingerprint density at radius 2 is 2.00 bits per heavy atom. The van der Waals surface area contributed by atoms with E-state index in [9.17, 15) is 0 Å². The summed E-state index contributed by atoms with van der Waals surface area (Å²) in [6.45, 7) is 10.9. The highest BCUT2D eigenvalue weighted by Crippen LogP contribution is 2.24. The molecule has 0 saturated carbocycles. The molecule has 2 N–H and O–H groups in total. The summed E-state index contributed by atoms with van der Waals surface area (Å²) in [6, 6.07) is 0.294. The number of thiazole rings is 1. The van der Waals surface area contributed by atoms with Crippen LogP contribution in [0.1, 0.15) is 51.7 Å². The molecule has 3 heteroatoms. The summed E-state index contributed by atoms with van der Waals surface area (Å²) in [5.41, 5.74) is 7.40. The Hall–Kier alpha value is -0.410. The third-order valence-electron chi connectivity index (χ3n) is 2.87. The second-order valence-electron chi connectivity index (χ2n) is 5.82. The molecule has 0 saturated heterocycles. The molecule has 0 bridgehead atoms. The third-order valence-corrected chi connectivity index (χ3v) is 3.78. The molecule has 0 fully saturated rings. The monoisotopic (exact) mass is 240 g/mol. The van der Waals surface area contributed by atoms with Crippen LogP contribution in [0, 0.1) is 5.92 Å². The Kier molecular flexibility index (Phi) is 4.51. The van der Waals surface area contributed by atoms with Gasteiger partial charge < -0.3 is 5.73 Å². The van der Waals surface area contributed by atoms with Gasteiger partial charge in [-0.3, -0.25) is 0 Å². The zero-order valence-electron chi connectivity index (χ0n) is 11.1. The van der Waals surface area contributed by atoms with Crippen LogP contribution < -0.4 is 5.73 Å². The van der Waals surface area contributed by atoms with Crippen LogP contribution in [0.15, 0.2) is 5.38 Å². The van der Waals surface area contributed by atoms with E-state index in [-0.39, 0.29) is 5.41 Å². The number of hydrogen-bond donors (Lipinski definition) is 1. The molecule has 0 spiro atoms. The molecule has 0 aromatic carbocycles. The van der Waals surface area contributed by atoms with Crippen LogP contribution in [0.5, 0.6) is 0 Å².